The van der Waals surface area contributed by atoms with E-state index in [1.54, 1.807) is 6.66 Å². The van der Waals surface area contributed by atoms with E-state index in [1.165, 1.54) is 11.0 Å². The van der Waals surface area contributed by atoms with Crippen LogP contribution < -0.4 is 0 Å². The molecule has 1 aliphatic heterocycles. The van der Waals surface area contributed by atoms with E-state index >= 15 is 0 Å². The first-order valence-electron chi connectivity index (χ1n) is 2.98. The average Bonchev–Trinajstić information content (AvgIpc) is 1.44. The third kappa shape index (κ3) is 3.76. The van der Waals surface area contributed by atoms with Gasteiger partial charge in [0.25, 0.3) is 0 Å². The number of hydrogen-bond donors (Lipinski definition) is 0. The highest BCUT2D eigenvalue weighted by Crippen LogP contribution is 2.88. The first kappa shape index (κ1) is 12.3. The molecule has 0 aromatic rings. The predicted molar refractivity (Wildman–Crippen MR) is 70.4 cm³/mol. The van der Waals surface area contributed by atoms with Gasteiger partial charge in [-0.1, -0.05) is 23.6 Å². The molecule has 0 aromatic heterocycles. The Morgan fingerprint density at radius 3 is 1.50 bits per heavy atom. The van der Waals surface area contributed by atoms with Crippen molar-refractivity contribution in [3.05, 3.63) is 0 Å². The van der Waals surface area contributed by atoms with Crippen LogP contribution in [0.25, 0.3) is 0 Å². The van der Waals surface area contributed by atoms with Crippen molar-refractivity contribution in [2.24, 2.45) is 0 Å². The largest absolute Gasteiger partial charge is 0.287 e. The molecule has 1 rings (SSSR count). The van der Waals surface area contributed by atoms with Crippen molar-refractivity contribution in [2.75, 3.05) is 20.0 Å². The molecule has 1 fully saturated rings. The van der Waals surface area contributed by atoms with Crippen LogP contribution in [0.1, 0.15) is 0 Å². The maximum atomic E-state index is 5.55. The van der Waals surface area contributed by atoms with Crippen LogP contribution in [0, 0.1) is 0 Å². The fourth-order valence-electron chi connectivity index (χ4n) is 0.853. The van der Waals surface area contributed by atoms with E-state index in [2.05, 4.69) is 0 Å². The molecule has 9 heteroatoms. The first-order chi connectivity index (χ1) is 5.12. The molecule has 0 amide bonds. The third-order valence-corrected chi connectivity index (χ3v) is 20.5. The minimum absolute atomic E-state index is 1.52. The topological polar surface area (TPSA) is 18.5 Å². The smallest absolute Gasteiger partial charge is 0.194 e. The Morgan fingerprint density at radius 2 is 1.25 bits per heavy atom. The van der Waals surface area contributed by atoms with Crippen LogP contribution in [-0.2, 0) is 44.0 Å². The summed E-state index contributed by atoms with van der Waals surface area (Å²) in [5.41, 5.74) is -3.63. The van der Waals surface area contributed by atoms with Crippen LogP contribution in [-0.4, -0.2) is 20.0 Å². The Bertz CT molecular complexity index is 268. The molecule has 0 N–H and O–H groups in total. The highest BCUT2D eigenvalue weighted by atomic mass is 33.2. The van der Waals surface area contributed by atoms with Gasteiger partial charge in [0.15, 0.2) is 6.49 Å². The maximum absolute atomic E-state index is 5.55. The summed E-state index contributed by atoms with van der Waals surface area (Å²) in [6.07, 6.45) is 0. The molecule has 72 valence electrons. The standard InChI is InChI=1S/C3H9O2P3S4/c1-6(9)4-7(2,10)12-8(3,11)5-6/h1-3H3. The van der Waals surface area contributed by atoms with Gasteiger partial charge < -0.3 is 0 Å². The minimum atomic E-state index is -2.13. The zero-order valence-corrected chi connectivity index (χ0v) is 12.7. The van der Waals surface area contributed by atoms with Crippen molar-refractivity contribution in [3.63, 3.8) is 0 Å². The van der Waals surface area contributed by atoms with E-state index in [4.69, 9.17) is 44.0 Å². The van der Waals surface area contributed by atoms with Crippen molar-refractivity contribution in [3.8, 4) is 0 Å². The highest BCUT2D eigenvalue weighted by Gasteiger charge is 2.36. The summed E-state index contributed by atoms with van der Waals surface area (Å²) >= 11 is 17.3. The Labute approximate surface area is 92.0 Å². The van der Waals surface area contributed by atoms with E-state index in [9.17, 15) is 0 Å². The van der Waals surface area contributed by atoms with Gasteiger partial charge in [0, 0.05) is 6.66 Å². The normalized spacial score (nSPS) is 55.2. The van der Waals surface area contributed by atoms with Gasteiger partial charge in [0.05, 0.1) is 0 Å². The van der Waals surface area contributed by atoms with Crippen LogP contribution in [0.4, 0.5) is 0 Å². The molecule has 1 heterocycles. The summed E-state index contributed by atoms with van der Waals surface area (Å²) in [5.74, 6) is 0. The SMILES string of the molecule is CP1(=S)OP(C)(=S)SP(C)(=S)O1. The van der Waals surface area contributed by atoms with E-state index in [0.29, 0.717) is 0 Å². The molecular formula is C3H9O2P3S4. The monoisotopic (exact) mass is 298 g/mol. The van der Waals surface area contributed by atoms with Crippen LogP contribution in [0.5, 0.6) is 0 Å². The van der Waals surface area contributed by atoms with Crippen molar-refractivity contribution >= 4 is 63.8 Å². The van der Waals surface area contributed by atoms with E-state index in [-0.39, 0.29) is 0 Å². The molecule has 1 saturated heterocycles. The van der Waals surface area contributed by atoms with Gasteiger partial charge in [-0.2, -0.15) is 0 Å². The molecule has 1 aliphatic rings. The summed E-state index contributed by atoms with van der Waals surface area (Å²) in [5, 5.41) is 0. The lowest BCUT2D eigenvalue weighted by Gasteiger charge is -2.35. The average molecular weight is 298 g/mol. The Morgan fingerprint density at radius 1 is 0.917 bits per heavy atom. The molecule has 12 heavy (non-hydrogen) atoms. The predicted octanol–water partition coefficient (Wildman–Crippen LogP) is 3.58. The highest BCUT2D eigenvalue weighted by molar-refractivity contribution is 8.98. The van der Waals surface area contributed by atoms with Crippen molar-refractivity contribution in [1.29, 1.82) is 0 Å². The molecule has 0 radical (unpaired) electrons. The summed E-state index contributed by atoms with van der Waals surface area (Å²) in [6.45, 7) is 3.52. The maximum Gasteiger partial charge on any atom is 0.194 e. The fourth-order valence-corrected chi connectivity index (χ4v) is 31.4. The van der Waals surface area contributed by atoms with Crippen LogP contribution >= 0.6 is 28.4 Å². The lowest BCUT2D eigenvalue weighted by molar-refractivity contribution is 0.563. The zero-order valence-electron chi connectivity index (χ0n) is 6.79. The number of rotatable bonds is 0. The second-order valence-corrected chi connectivity index (χ2v) is 22.4. The zero-order chi connectivity index (χ0) is 9.62. The molecule has 2 atom stereocenters. The second kappa shape index (κ2) is 3.66. The van der Waals surface area contributed by atoms with Crippen molar-refractivity contribution < 1.29 is 8.62 Å². The van der Waals surface area contributed by atoms with E-state index in [0.717, 1.165) is 0 Å². The van der Waals surface area contributed by atoms with E-state index in [1.807, 2.05) is 13.3 Å². The lowest BCUT2D eigenvalue weighted by Crippen LogP contribution is -1.93. The molecule has 0 bridgehead atoms. The molecule has 2 unspecified atom stereocenters. The minimum Gasteiger partial charge on any atom is -0.287 e. The number of hydrogen-bond acceptors (Lipinski definition) is 6. The van der Waals surface area contributed by atoms with Crippen molar-refractivity contribution in [1.82, 2.24) is 0 Å². The Hall–Kier alpha value is 2.22. The summed E-state index contributed by atoms with van der Waals surface area (Å²) < 4.78 is 11.1. The lowest BCUT2D eigenvalue weighted by atomic mass is 12.0. The van der Waals surface area contributed by atoms with E-state index < -0.39 is 17.4 Å². The molecule has 0 spiro atoms. The van der Waals surface area contributed by atoms with Crippen LogP contribution in [0.3, 0.4) is 0 Å². The summed E-state index contributed by atoms with van der Waals surface area (Å²) in [7, 11) is 0. The van der Waals surface area contributed by atoms with Gasteiger partial charge in [-0.25, -0.2) is 0 Å². The summed E-state index contributed by atoms with van der Waals surface area (Å²) in [4.78, 5) is 0. The molecule has 0 aliphatic carbocycles. The van der Waals surface area contributed by atoms with Crippen LogP contribution in [0.2, 0.25) is 0 Å². The molecule has 0 aromatic carbocycles. The van der Waals surface area contributed by atoms with Gasteiger partial charge in [-0.3, -0.25) is 8.62 Å². The van der Waals surface area contributed by atoms with Gasteiger partial charge in [0.1, 0.15) is 10.9 Å². The first-order valence-corrected chi connectivity index (χ1v) is 14.4. The second-order valence-electron chi connectivity index (χ2n) is 2.56. The van der Waals surface area contributed by atoms with Gasteiger partial charge in [-0.15, -0.1) is 0 Å². The summed E-state index contributed by atoms with van der Waals surface area (Å²) in [6, 6.07) is 0. The molecule has 2 nitrogen and oxygen atoms in total. The quantitative estimate of drug-likeness (QED) is 0.632. The molecule has 0 saturated carbocycles. The van der Waals surface area contributed by atoms with Gasteiger partial charge in [0.2, 0.25) is 0 Å². The Balaban J connectivity index is 3.05. The Kier molecular flexibility index (Phi) is 3.75. The van der Waals surface area contributed by atoms with Gasteiger partial charge >= 0.3 is 0 Å². The third-order valence-electron chi connectivity index (χ3n) is 0.890. The van der Waals surface area contributed by atoms with Crippen LogP contribution in [0.15, 0.2) is 0 Å². The van der Waals surface area contributed by atoms with Gasteiger partial charge in [-0.05, 0) is 36.1 Å². The van der Waals surface area contributed by atoms with Crippen molar-refractivity contribution in [2.45, 2.75) is 0 Å². The fraction of sp³-hybridized carbons (Fsp3) is 1.00. The molecular weight excluding hydrogens is 289 g/mol.